The van der Waals surface area contributed by atoms with Crippen molar-refractivity contribution in [3.05, 3.63) is 108 Å². The largest absolute Gasteiger partial charge is 0.478 e. The van der Waals surface area contributed by atoms with Gasteiger partial charge in [-0.2, -0.15) is 0 Å². The smallest absolute Gasteiger partial charge is 0.335 e. The molecule has 2 N–H and O–H groups in total. The number of carboxylic acids is 1. The molecule has 7 rings (SSSR count). The van der Waals surface area contributed by atoms with Gasteiger partial charge in [-0.25, -0.2) is 4.79 Å². The molecule has 160 valence electrons. The van der Waals surface area contributed by atoms with Crippen LogP contribution in [0.4, 0.5) is 17.1 Å². The highest BCUT2D eigenvalue weighted by Crippen LogP contribution is 2.53. The van der Waals surface area contributed by atoms with E-state index in [-0.39, 0.29) is 5.56 Å². The molecular formula is C30H18N2O2. The Hall–Kier alpha value is -4.70. The number of fused-ring (bicyclic) bond motifs is 6. The lowest BCUT2D eigenvalue weighted by molar-refractivity contribution is 0.0697. The number of nitrogens with one attached hydrogen (secondary N) is 1. The Kier molecular flexibility index (Phi) is 3.69. The van der Waals surface area contributed by atoms with E-state index in [4.69, 9.17) is 5.41 Å². The number of aromatic carboxylic acids is 1. The number of hydrogen-bond donors (Lipinski definition) is 2. The van der Waals surface area contributed by atoms with E-state index in [1.165, 1.54) is 0 Å². The second-order valence-electron chi connectivity index (χ2n) is 8.74. The maximum absolute atomic E-state index is 12.0. The van der Waals surface area contributed by atoms with Crippen LogP contribution in [0.25, 0.3) is 37.9 Å². The van der Waals surface area contributed by atoms with Crippen LogP contribution in [-0.4, -0.2) is 16.8 Å². The predicted molar refractivity (Wildman–Crippen MR) is 139 cm³/mol. The second-order valence-corrected chi connectivity index (χ2v) is 8.74. The van der Waals surface area contributed by atoms with E-state index in [1.807, 2.05) is 48.6 Å². The van der Waals surface area contributed by atoms with Crippen molar-refractivity contribution in [3.8, 4) is 0 Å². The van der Waals surface area contributed by atoms with E-state index < -0.39 is 5.97 Å². The normalized spacial score (nSPS) is 14.4. The van der Waals surface area contributed by atoms with Gasteiger partial charge in [0.05, 0.1) is 28.3 Å². The molecule has 0 aromatic heterocycles. The van der Waals surface area contributed by atoms with Crippen molar-refractivity contribution < 1.29 is 9.90 Å². The molecule has 0 radical (unpaired) electrons. The van der Waals surface area contributed by atoms with Gasteiger partial charge in [0.2, 0.25) is 0 Å². The maximum Gasteiger partial charge on any atom is 0.335 e. The first-order valence-corrected chi connectivity index (χ1v) is 11.1. The molecule has 0 unspecified atom stereocenters. The topological polar surface area (TPSA) is 64.4 Å². The molecule has 0 fully saturated rings. The second kappa shape index (κ2) is 6.65. The van der Waals surface area contributed by atoms with Crippen LogP contribution in [0.15, 0.2) is 97.1 Å². The Morgan fingerprint density at radius 3 is 1.68 bits per heavy atom. The molecule has 4 heteroatoms. The highest BCUT2D eigenvalue weighted by molar-refractivity contribution is 6.27. The molecule has 3 aromatic carbocycles. The van der Waals surface area contributed by atoms with E-state index in [1.54, 1.807) is 12.1 Å². The molecule has 0 amide bonds. The Labute approximate surface area is 194 Å². The van der Waals surface area contributed by atoms with Crippen LogP contribution in [0.2, 0.25) is 0 Å². The fraction of sp³-hybridized carbons (Fsp3) is 0. The summed E-state index contributed by atoms with van der Waals surface area (Å²) in [6.45, 7) is 0. The van der Waals surface area contributed by atoms with Gasteiger partial charge in [0.1, 0.15) is 0 Å². The summed E-state index contributed by atoms with van der Waals surface area (Å²) in [7, 11) is 0. The van der Waals surface area contributed by atoms with Gasteiger partial charge in [0, 0.05) is 21.5 Å². The minimum atomic E-state index is -0.927. The predicted octanol–water partition coefficient (Wildman–Crippen LogP) is 6.64. The van der Waals surface area contributed by atoms with Crippen molar-refractivity contribution in [2.24, 2.45) is 0 Å². The van der Waals surface area contributed by atoms with Crippen LogP contribution in [-0.2, 0) is 0 Å². The van der Waals surface area contributed by atoms with Crippen LogP contribution >= 0.6 is 0 Å². The first kappa shape index (κ1) is 18.8. The van der Waals surface area contributed by atoms with Gasteiger partial charge in [-0.05, 0) is 58.0 Å². The first-order chi connectivity index (χ1) is 16.6. The fourth-order valence-electron chi connectivity index (χ4n) is 5.35. The number of allylic oxidation sites excluding steroid dienone is 4. The van der Waals surface area contributed by atoms with Gasteiger partial charge >= 0.3 is 5.97 Å². The number of carboxylic acid groups (broad SMARTS) is 1. The summed E-state index contributed by atoms with van der Waals surface area (Å²) in [4.78, 5) is 14.3. The number of rotatable bonds is 1. The summed E-state index contributed by atoms with van der Waals surface area (Å²) in [5.41, 5.74) is 5.01. The standard InChI is InChI=1S/C30H18N2O2/c31-20-11-9-17(10-12-20)18-15-27-23-7-3-1-5-21(23)25-13-19(30(33)34)14-26-22-6-2-4-8-24(22)28(16-18)32(27)29(25)26/h1-16,31H,(H,33,34). The minimum Gasteiger partial charge on any atom is -0.478 e. The zero-order valence-electron chi connectivity index (χ0n) is 18.0. The number of carbonyl (C=O) groups is 1. The summed E-state index contributed by atoms with van der Waals surface area (Å²) in [5, 5.41) is 24.9. The molecular weight excluding hydrogens is 420 g/mol. The van der Waals surface area contributed by atoms with E-state index >= 15 is 0 Å². The third-order valence-electron chi connectivity index (χ3n) is 6.85. The van der Waals surface area contributed by atoms with E-state index in [9.17, 15) is 9.90 Å². The summed E-state index contributed by atoms with van der Waals surface area (Å²) in [6.07, 6.45) is 7.61. The molecule has 4 aliphatic rings. The molecule has 1 aliphatic carbocycles. The number of anilines is 3. The van der Waals surface area contributed by atoms with Crippen LogP contribution in [0.3, 0.4) is 0 Å². The van der Waals surface area contributed by atoms with Gasteiger partial charge in [0.15, 0.2) is 0 Å². The summed E-state index contributed by atoms with van der Waals surface area (Å²) in [6, 6.07) is 24.4. The molecule has 34 heavy (non-hydrogen) atoms. The molecule has 3 aliphatic heterocycles. The molecule has 0 saturated heterocycles. The molecule has 0 bridgehead atoms. The van der Waals surface area contributed by atoms with Gasteiger partial charge in [0.25, 0.3) is 0 Å². The quantitative estimate of drug-likeness (QED) is 0.302. The zero-order chi connectivity index (χ0) is 23.0. The average molecular weight is 438 g/mol. The molecule has 4 nitrogen and oxygen atoms in total. The highest BCUT2D eigenvalue weighted by Gasteiger charge is 2.29. The summed E-state index contributed by atoms with van der Waals surface area (Å²) in [5.74, 6) is -0.927. The van der Waals surface area contributed by atoms with E-state index in [0.29, 0.717) is 5.71 Å². The lowest BCUT2D eigenvalue weighted by Crippen LogP contribution is -2.22. The zero-order valence-corrected chi connectivity index (χ0v) is 18.0. The van der Waals surface area contributed by atoms with Crippen LogP contribution < -0.4 is 10.1 Å². The molecule has 0 atom stereocenters. The fourth-order valence-corrected chi connectivity index (χ4v) is 5.35. The van der Waals surface area contributed by atoms with Crippen LogP contribution in [0, 0.1) is 5.41 Å². The van der Waals surface area contributed by atoms with E-state index in [2.05, 4.69) is 41.3 Å². The minimum absolute atomic E-state index is 0.290. The van der Waals surface area contributed by atoms with Crippen molar-refractivity contribution in [2.45, 2.75) is 0 Å². The SMILES string of the molecule is N=C1C=CC(=c2cc3c4ccccc4c4cc(C(=O)O)cc5c4N3c(c2)c2ccccc25)C=C1. The lowest BCUT2D eigenvalue weighted by atomic mass is 9.89. The number of hydrogen-bond acceptors (Lipinski definition) is 3. The molecule has 0 saturated carbocycles. The van der Waals surface area contributed by atoms with Crippen molar-refractivity contribution in [3.63, 3.8) is 0 Å². The first-order valence-electron chi connectivity index (χ1n) is 11.1. The molecule has 0 spiro atoms. The number of benzene rings is 3. The van der Waals surface area contributed by atoms with Crippen molar-refractivity contribution in [1.82, 2.24) is 0 Å². The van der Waals surface area contributed by atoms with Crippen LogP contribution in [0.1, 0.15) is 10.4 Å². The molecule has 3 heterocycles. The van der Waals surface area contributed by atoms with Crippen LogP contribution in [0.5, 0.6) is 0 Å². The van der Waals surface area contributed by atoms with E-state index in [0.717, 1.165) is 60.2 Å². The third kappa shape index (κ3) is 2.48. The Morgan fingerprint density at radius 1 is 0.676 bits per heavy atom. The third-order valence-corrected chi connectivity index (χ3v) is 6.85. The van der Waals surface area contributed by atoms with Crippen molar-refractivity contribution in [1.29, 1.82) is 5.41 Å². The van der Waals surface area contributed by atoms with Gasteiger partial charge in [-0.3, -0.25) is 0 Å². The summed E-state index contributed by atoms with van der Waals surface area (Å²) < 4.78 is 0. The van der Waals surface area contributed by atoms with Gasteiger partial charge in [-0.1, -0.05) is 60.7 Å². The number of nitrogens with zero attached hydrogens (tertiary/aromatic N) is 1. The average Bonchev–Trinajstić information content (AvgIpc) is 2.88. The lowest BCUT2D eigenvalue weighted by Gasteiger charge is -2.36. The maximum atomic E-state index is 12.0. The Bertz CT molecular complexity index is 1740. The highest BCUT2D eigenvalue weighted by atomic mass is 16.4. The molecule has 3 aromatic rings. The monoisotopic (exact) mass is 438 g/mol. The van der Waals surface area contributed by atoms with Crippen molar-refractivity contribution in [2.75, 3.05) is 4.90 Å². The summed E-state index contributed by atoms with van der Waals surface area (Å²) >= 11 is 0. The van der Waals surface area contributed by atoms with Crippen molar-refractivity contribution >= 4 is 66.6 Å². The Morgan fingerprint density at radius 2 is 1.18 bits per heavy atom. The van der Waals surface area contributed by atoms with Gasteiger partial charge < -0.3 is 15.4 Å². The van der Waals surface area contributed by atoms with Gasteiger partial charge in [-0.15, -0.1) is 0 Å². The Balaban J connectivity index is 1.80.